The molecule has 0 spiro atoms. The van der Waals surface area contributed by atoms with E-state index in [0.717, 1.165) is 19.4 Å². The topological polar surface area (TPSA) is 32.3 Å². The van der Waals surface area contributed by atoms with Gasteiger partial charge < -0.3 is 10.2 Å². The van der Waals surface area contributed by atoms with Crippen molar-refractivity contribution < 1.29 is 9.18 Å². The lowest BCUT2D eigenvalue weighted by Crippen LogP contribution is -2.41. The summed E-state index contributed by atoms with van der Waals surface area (Å²) in [7, 11) is 1.86. The Kier molecular flexibility index (Phi) is 4.35. The number of rotatable bonds is 3. The van der Waals surface area contributed by atoms with E-state index in [-0.39, 0.29) is 17.5 Å². The van der Waals surface area contributed by atoms with E-state index in [2.05, 4.69) is 21.2 Å². The first-order valence-corrected chi connectivity index (χ1v) is 6.83. The first-order chi connectivity index (χ1) is 8.63. The van der Waals surface area contributed by atoms with Gasteiger partial charge in [0.1, 0.15) is 5.82 Å². The van der Waals surface area contributed by atoms with Crippen LogP contribution in [0.4, 0.5) is 4.39 Å². The number of benzene rings is 1. The SMILES string of the molecule is CNCC1CCCN1C(=O)c1ccc(Br)cc1F. The summed E-state index contributed by atoms with van der Waals surface area (Å²) in [6.45, 7) is 1.46. The third-order valence-corrected chi connectivity index (χ3v) is 3.73. The number of likely N-dealkylation sites (N-methyl/N-ethyl adjacent to an activating group) is 1. The Morgan fingerprint density at radius 1 is 1.61 bits per heavy atom. The van der Waals surface area contributed by atoms with E-state index in [4.69, 9.17) is 0 Å². The average Bonchev–Trinajstić information content (AvgIpc) is 2.77. The predicted molar refractivity (Wildman–Crippen MR) is 72.1 cm³/mol. The zero-order chi connectivity index (χ0) is 13.1. The van der Waals surface area contributed by atoms with Gasteiger partial charge in [0, 0.05) is 23.6 Å². The van der Waals surface area contributed by atoms with Crippen LogP contribution in [0.15, 0.2) is 22.7 Å². The second kappa shape index (κ2) is 5.80. The molecule has 1 amide bonds. The van der Waals surface area contributed by atoms with Crippen molar-refractivity contribution in [3.63, 3.8) is 0 Å². The first-order valence-electron chi connectivity index (χ1n) is 6.04. The normalized spacial score (nSPS) is 19.3. The monoisotopic (exact) mass is 314 g/mol. The summed E-state index contributed by atoms with van der Waals surface area (Å²) < 4.78 is 14.4. The van der Waals surface area contributed by atoms with E-state index in [0.29, 0.717) is 11.0 Å². The smallest absolute Gasteiger partial charge is 0.257 e. The maximum absolute atomic E-state index is 13.8. The average molecular weight is 315 g/mol. The molecule has 1 unspecified atom stereocenters. The van der Waals surface area contributed by atoms with Gasteiger partial charge in [-0.25, -0.2) is 4.39 Å². The van der Waals surface area contributed by atoms with Crippen LogP contribution in [0.25, 0.3) is 0 Å². The molecule has 0 aromatic heterocycles. The van der Waals surface area contributed by atoms with Gasteiger partial charge >= 0.3 is 0 Å². The van der Waals surface area contributed by atoms with Gasteiger partial charge in [-0.3, -0.25) is 4.79 Å². The number of hydrogen-bond donors (Lipinski definition) is 1. The number of carbonyl (C=O) groups is 1. The summed E-state index contributed by atoms with van der Waals surface area (Å²) in [6, 6.07) is 4.73. The highest BCUT2D eigenvalue weighted by molar-refractivity contribution is 9.10. The van der Waals surface area contributed by atoms with E-state index in [1.807, 2.05) is 7.05 Å². The molecule has 2 rings (SSSR count). The number of carbonyl (C=O) groups excluding carboxylic acids is 1. The van der Waals surface area contributed by atoms with E-state index in [1.165, 1.54) is 12.1 Å². The van der Waals surface area contributed by atoms with Crippen LogP contribution in [0.5, 0.6) is 0 Å². The van der Waals surface area contributed by atoms with Crippen molar-refractivity contribution in [2.45, 2.75) is 18.9 Å². The largest absolute Gasteiger partial charge is 0.334 e. The summed E-state index contributed by atoms with van der Waals surface area (Å²) in [5, 5.41) is 3.07. The lowest BCUT2D eigenvalue weighted by molar-refractivity contribution is 0.0732. The van der Waals surface area contributed by atoms with Crippen LogP contribution in [-0.4, -0.2) is 37.0 Å². The molecule has 1 aliphatic rings. The molecule has 1 saturated heterocycles. The number of hydrogen-bond acceptors (Lipinski definition) is 2. The molecule has 1 N–H and O–H groups in total. The van der Waals surface area contributed by atoms with Crippen LogP contribution in [0.2, 0.25) is 0 Å². The van der Waals surface area contributed by atoms with E-state index < -0.39 is 5.82 Å². The fraction of sp³-hybridized carbons (Fsp3) is 0.462. The maximum Gasteiger partial charge on any atom is 0.257 e. The second-order valence-electron chi connectivity index (χ2n) is 4.48. The fourth-order valence-electron chi connectivity index (χ4n) is 2.37. The molecule has 0 saturated carbocycles. The third kappa shape index (κ3) is 2.72. The molecule has 0 radical (unpaired) electrons. The molecule has 1 aliphatic heterocycles. The van der Waals surface area contributed by atoms with Gasteiger partial charge in [-0.05, 0) is 38.1 Å². The van der Waals surface area contributed by atoms with Crippen molar-refractivity contribution in [2.75, 3.05) is 20.1 Å². The number of nitrogens with one attached hydrogen (secondary N) is 1. The van der Waals surface area contributed by atoms with Crippen molar-refractivity contribution >= 4 is 21.8 Å². The molecule has 1 heterocycles. The minimum absolute atomic E-state index is 0.154. The summed E-state index contributed by atoms with van der Waals surface area (Å²) in [6.07, 6.45) is 1.96. The minimum atomic E-state index is -0.468. The highest BCUT2D eigenvalue weighted by Crippen LogP contribution is 2.22. The van der Waals surface area contributed by atoms with Crippen LogP contribution >= 0.6 is 15.9 Å². The Balaban J connectivity index is 2.20. The molecule has 0 aliphatic carbocycles. The first kappa shape index (κ1) is 13.5. The molecular formula is C13H16BrFN2O. The fourth-order valence-corrected chi connectivity index (χ4v) is 2.70. The zero-order valence-electron chi connectivity index (χ0n) is 10.2. The van der Waals surface area contributed by atoms with Crippen molar-refractivity contribution in [3.05, 3.63) is 34.1 Å². The minimum Gasteiger partial charge on any atom is -0.334 e. The van der Waals surface area contributed by atoms with Crippen LogP contribution in [0.3, 0.4) is 0 Å². The van der Waals surface area contributed by atoms with Gasteiger partial charge in [-0.2, -0.15) is 0 Å². The number of amides is 1. The molecular weight excluding hydrogens is 299 g/mol. The lowest BCUT2D eigenvalue weighted by Gasteiger charge is -2.24. The van der Waals surface area contributed by atoms with E-state index in [1.54, 1.807) is 11.0 Å². The molecule has 1 aromatic carbocycles. The van der Waals surface area contributed by atoms with Gasteiger partial charge in [-0.15, -0.1) is 0 Å². The maximum atomic E-state index is 13.8. The lowest BCUT2D eigenvalue weighted by atomic mass is 10.1. The second-order valence-corrected chi connectivity index (χ2v) is 5.39. The molecule has 1 aromatic rings. The van der Waals surface area contributed by atoms with E-state index in [9.17, 15) is 9.18 Å². The Bertz CT molecular complexity index is 453. The molecule has 5 heteroatoms. The Hall–Kier alpha value is -0.940. The Morgan fingerprint density at radius 2 is 2.39 bits per heavy atom. The van der Waals surface area contributed by atoms with Crippen molar-refractivity contribution in [2.24, 2.45) is 0 Å². The summed E-state index contributed by atoms with van der Waals surface area (Å²) in [5.74, 6) is -0.678. The van der Waals surface area contributed by atoms with Gasteiger partial charge in [0.05, 0.1) is 5.56 Å². The van der Waals surface area contributed by atoms with Gasteiger partial charge in [0.25, 0.3) is 5.91 Å². The molecule has 1 fully saturated rings. The van der Waals surface area contributed by atoms with Crippen molar-refractivity contribution in [1.82, 2.24) is 10.2 Å². The molecule has 0 bridgehead atoms. The third-order valence-electron chi connectivity index (χ3n) is 3.24. The van der Waals surface area contributed by atoms with Crippen LogP contribution < -0.4 is 5.32 Å². The van der Waals surface area contributed by atoms with Gasteiger partial charge in [0.2, 0.25) is 0 Å². The Morgan fingerprint density at radius 3 is 3.06 bits per heavy atom. The quantitative estimate of drug-likeness (QED) is 0.929. The molecule has 98 valence electrons. The summed E-state index contributed by atoms with van der Waals surface area (Å²) in [4.78, 5) is 14.1. The van der Waals surface area contributed by atoms with Gasteiger partial charge in [-0.1, -0.05) is 15.9 Å². The predicted octanol–water partition coefficient (Wildman–Crippen LogP) is 2.41. The molecule has 3 nitrogen and oxygen atoms in total. The standard InChI is InChI=1S/C13H16BrFN2O/c1-16-8-10-3-2-6-17(10)13(18)11-5-4-9(14)7-12(11)15/h4-5,7,10,16H,2-3,6,8H2,1H3. The highest BCUT2D eigenvalue weighted by atomic mass is 79.9. The highest BCUT2D eigenvalue weighted by Gasteiger charge is 2.30. The van der Waals surface area contributed by atoms with Crippen molar-refractivity contribution in [1.29, 1.82) is 0 Å². The molecule has 18 heavy (non-hydrogen) atoms. The molecule has 1 atom stereocenters. The number of halogens is 2. The number of likely N-dealkylation sites (tertiary alicyclic amines) is 1. The van der Waals surface area contributed by atoms with Crippen LogP contribution in [-0.2, 0) is 0 Å². The Labute approximate surface area is 114 Å². The van der Waals surface area contributed by atoms with Crippen LogP contribution in [0, 0.1) is 5.82 Å². The van der Waals surface area contributed by atoms with Crippen molar-refractivity contribution in [3.8, 4) is 0 Å². The van der Waals surface area contributed by atoms with Gasteiger partial charge in [0.15, 0.2) is 0 Å². The summed E-state index contributed by atoms with van der Waals surface area (Å²) >= 11 is 3.19. The van der Waals surface area contributed by atoms with Crippen LogP contribution in [0.1, 0.15) is 23.2 Å². The van der Waals surface area contributed by atoms with E-state index >= 15 is 0 Å². The number of nitrogens with zero attached hydrogens (tertiary/aromatic N) is 1. The zero-order valence-corrected chi connectivity index (χ0v) is 11.8. The summed E-state index contributed by atoms with van der Waals surface area (Å²) in [5.41, 5.74) is 0.154.